The molecule has 9 nitrogen and oxygen atoms in total. The molecular weight excluding hydrogens is 392 g/mol. The first-order chi connectivity index (χ1) is 15.2. The van der Waals surface area contributed by atoms with Crippen molar-refractivity contribution < 1.29 is 4.74 Å². The third kappa shape index (κ3) is 5.49. The number of aryl methyl sites for hydroxylation is 3. The van der Waals surface area contributed by atoms with Crippen LogP contribution in [0.3, 0.4) is 0 Å². The first-order valence-electron chi connectivity index (χ1n) is 10.7. The van der Waals surface area contributed by atoms with Crippen LogP contribution in [-0.2, 0) is 43.8 Å². The molecule has 1 unspecified atom stereocenters. The molecule has 2 aromatic heterocycles. The molecular formula is C22H30N8O. The Morgan fingerprint density at radius 1 is 1.29 bits per heavy atom. The summed E-state index contributed by atoms with van der Waals surface area (Å²) in [6.07, 6.45) is 6.72. The highest BCUT2D eigenvalue weighted by molar-refractivity contribution is 5.79. The second-order valence-electron chi connectivity index (χ2n) is 7.64. The third-order valence-electron chi connectivity index (χ3n) is 5.44. The lowest BCUT2D eigenvalue weighted by atomic mass is 10.1. The van der Waals surface area contributed by atoms with Gasteiger partial charge in [0.05, 0.1) is 13.1 Å². The van der Waals surface area contributed by atoms with Crippen LogP contribution in [-0.4, -0.2) is 50.5 Å². The number of imidazole rings is 1. The summed E-state index contributed by atoms with van der Waals surface area (Å²) in [5, 5.41) is 11.4. The smallest absolute Gasteiger partial charge is 0.191 e. The molecule has 0 spiro atoms. The van der Waals surface area contributed by atoms with Gasteiger partial charge in [0.2, 0.25) is 0 Å². The minimum absolute atomic E-state index is 0.244. The zero-order valence-corrected chi connectivity index (χ0v) is 18.2. The number of nitrogens with one attached hydrogen (secondary N) is 2. The highest BCUT2D eigenvalue weighted by atomic mass is 16.5. The third-order valence-corrected chi connectivity index (χ3v) is 5.44. The van der Waals surface area contributed by atoms with E-state index in [-0.39, 0.29) is 6.04 Å². The Morgan fingerprint density at radius 2 is 2.16 bits per heavy atom. The van der Waals surface area contributed by atoms with Crippen molar-refractivity contribution in [2.75, 3.05) is 14.2 Å². The Labute approximate surface area is 182 Å². The van der Waals surface area contributed by atoms with E-state index in [1.807, 2.05) is 23.1 Å². The Balaban J connectivity index is 1.29. The van der Waals surface area contributed by atoms with Gasteiger partial charge in [0.25, 0.3) is 0 Å². The maximum atomic E-state index is 5.14. The first kappa shape index (κ1) is 21.0. The summed E-state index contributed by atoms with van der Waals surface area (Å²) in [6.45, 7) is 2.71. The zero-order valence-electron chi connectivity index (χ0n) is 18.2. The Morgan fingerprint density at radius 3 is 2.97 bits per heavy atom. The second-order valence-corrected chi connectivity index (χ2v) is 7.64. The fraction of sp³-hybridized carbons (Fsp3) is 0.455. The molecule has 3 heterocycles. The van der Waals surface area contributed by atoms with E-state index < -0.39 is 0 Å². The van der Waals surface area contributed by atoms with Crippen molar-refractivity contribution >= 4 is 5.96 Å². The Kier molecular flexibility index (Phi) is 6.93. The monoisotopic (exact) mass is 422 g/mol. The average molecular weight is 423 g/mol. The van der Waals surface area contributed by atoms with Crippen LogP contribution in [0.2, 0.25) is 0 Å². The lowest BCUT2D eigenvalue weighted by Crippen LogP contribution is -2.47. The van der Waals surface area contributed by atoms with Crippen molar-refractivity contribution in [2.45, 2.75) is 51.5 Å². The minimum atomic E-state index is 0.244. The molecule has 0 saturated heterocycles. The fourth-order valence-electron chi connectivity index (χ4n) is 3.82. The molecule has 2 N–H and O–H groups in total. The molecule has 0 bridgehead atoms. The van der Waals surface area contributed by atoms with E-state index in [2.05, 4.69) is 59.5 Å². The lowest BCUT2D eigenvalue weighted by Gasteiger charge is -2.25. The van der Waals surface area contributed by atoms with Gasteiger partial charge in [-0.25, -0.2) is 14.6 Å². The molecule has 0 radical (unpaired) electrons. The fourth-order valence-corrected chi connectivity index (χ4v) is 3.82. The topological polar surface area (TPSA) is 94.2 Å². The molecule has 4 rings (SSSR count). The minimum Gasteiger partial charge on any atom is -0.377 e. The molecule has 9 heteroatoms. The van der Waals surface area contributed by atoms with Gasteiger partial charge < -0.3 is 19.9 Å². The molecule has 1 aliphatic rings. The molecule has 0 saturated carbocycles. The summed E-state index contributed by atoms with van der Waals surface area (Å²) in [4.78, 5) is 13.4. The van der Waals surface area contributed by atoms with E-state index in [1.165, 1.54) is 5.56 Å². The summed E-state index contributed by atoms with van der Waals surface area (Å²) in [5.74, 6) is 3.52. The van der Waals surface area contributed by atoms with E-state index in [0.717, 1.165) is 55.8 Å². The van der Waals surface area contributed by atoms with Crippen molar-refractivity contribution in [3.63, 3.8) is 0 Å². The summed E-state index contributed by atoms with van der Waals surface area (Å²) >= 11 is 0. The summed E-state index contributed by atoms with van der Waals surface area (Å²) in [6, 6.07) is 10.8. The van der Waals surface area contributed by atoms with Gasteiger partial charge >= 0.3 is 0 Å². The maximum absolute atomic E-state index is 5.14. The standard InChI is InChI=1S/C22H30N8O/c1-23-22(26-18-8-9-20-27-19(16-31-2)28-30(20)15-18)25-14-21-24-11-13-29(21)12-10-17-6-4-3-5-7-17/h3-7,11,13,18H,8-10,12,14-16H2,1-2H3,(H2,23,25,26). The van der Waals surface area contributed by atoms with Crippen molar-refractivity contribution in [3.05, 3.63) is 65.8 Å². The van der Waals surface area contributed by atoms with Gasteiger partial charge in [-0.15, -0.1) is 0 Å². The lowest BCUT2D eigenvalue weighted by molar-refractivity contribution is 0.177. The number of hydrogen-bond donors (Lipinski definition) is 2. The predicted octanol–water partition coefficient (Wildman–Crippen LogP) is 1.54. The van der Waals surface area contributed by atoms with E-state index in [4.69, 9.17) is 4.74 Å². The molecule has 3 aromatic rings. The molecule has 31 heavy (non-hydrogen) atoms. The highest BCUT2D eigenvalue weighted by Gasteiger charge is 2.22. The van der Waals surface area contributed by atoms with Gasteiger partial charge in [-0.05, 0) is 18.4 Å². The van der Waals surface area contributed by atoms with Crippen LogP contribution < -0.4 is 10.6 Å². The normalized spacial score (nSPS) is 16.2. The summed E-state index contributed by atoms with van der Waals surface area (Å²) in [7, 11) is 3.45. The number of aliphatic imine (C=N–C) groups is 1. The van der Waals surface area contributed by atoms with E-state index in [0.29, 0.717) is 13.2 Å². The molecule has 0 fully saturated rings. The molecule has 0 aliphatic carbocycles. The first-order valence-corrected chi connectivity index (χ1v) is 10.7. The highest BCUT2D eigenvalue weighted by Crippen LogP contribution is 2.13. The number of rotatable bonds is 8. The number of ether oxygens (including phenoxy) is 1. The number of hydrogen-bond acceptors (Lipinski definition) is 5. The van der Waals surface area contributed by atoms with Gasteiger partial charge in [-0.1, -0.05) is 30.3 Å². The van der Waals surface area contributed by atoms with Crippen LogP contribution in [0.5, 0.6) is 0 Å². The largest absolute Gasteiger partial charge is 0.377 e. The van der Waals surface area contributed by atoms with Crippen LogP contribution >= 0.6 is 0 Å². The maximum Gasteiger partial charge on any atom is 0.191 e. The van der Waals surface area contributed by atoms with E-state index in [1.54, 1.807) is 14.2 Å². The molecule has 1 aromatic carbocycles. The Bertz CT molecular complexity index is 994. The van der Waals surface area contributed by atoms with Crippen LogP contribution in [0.4, 0.5) is 0 Å². The number of guanidine groups is 1. The van der Waals surface area contributed by atoms with Gasteiger partial charge in [0.1, 0.15) is 18.3 Å². The summed E-state index contributed by atoms with van der Waals surface area (Å²) in [5.41, 5.74) is 1.33. The number of fused-ring (bicyclic) bond motifs is 1. The van der Waals surface area contributed by atoms with Crippen LogP contribution in [0.25, 0.3) is 0 Å². The van der Waals surface area contributed by atoms with Gasteiger partial charge in [0.15, 0.2) is 11.8 Å². The van der Waals surface area contributed by atoms with E-state index >= 15 is 0 Å². The Hall–Kier alpha value is -3.20. The molecule has 1 aliphatic heterocycles. The van der Waals surface area contributed by atoms with Crippen LogP contribution in [0.15, 0.2) is 47.7 Å². The van der Waals surface area contributed by atoms with Crippen molar-refractivity contribution in [1.82, 2.24) is 34.9 Å². The van der Waals surface area contributed by atoms with Crippen LogP contribution in [0.1, 0.15) is 29.5 Å². The number of methoxy groups -OCH3 is 1. The number of nitrogens with zero attached hydrogens (tertiary/aromatic N) is 6. The van der Waals surface area contributed by atoms with Crippen molar-refractivity contribution in [1.29, 1.82) is 0 Å². The SMILES string of the molecule is CN=C(NCc1nccn1CCc1ccccc1)NC1CCc2nc(COC)nn2C1. The van der Waals surface area contributed by atoms with Crippen molar-refractivity contribution in [3.8, 4) is 0 Å². The van der Waals surface area contributed by atoms with Gasteiger partial charge in [-0.3, -0.25) is 4.99 Å². The predicted molar refractivity (Wildman–Crippen MR) is 119 cm³/mol. The molecule has 0 amide bonds. The number of benzene rings is 1. The molecule has 1 atom stereocenters. The van der Waals surface area contributed by atoms with Gasteiger partial charge in [-0.2, -0.15) is 5.10 Å². The van der Waals surface area contributed by atoms with E-state index in [9.17, 15) is 0 Å². The molecule has 164 valence electrons. The zero-order chi connectivity index (χ0) is 21.5. The van der Waals surface area contributed by atoms with Crippen LogP contribution in [0, 0.1) is 0 Å². The quantitative estimate of drug-likeness (QED) is 0.423. The van der Waals surface area contributed by atoms with Gasteiger partial charge in [0, 0.05) is 45.6 Å². The van der Waals surface area contributed by atoms with Crippen molar-refractivity contribution in [2.24, 2.45) is 4.99 Å². The average Bonchev–Trinajstić information content (AvgIpc) is 3.41. The summed E-state index contributed by atoms with van der Waals surface area (Å²) < 4.78 is 9.30. The number of aromatic nitrogens is 5. The second kappa shape index (κ2) is 10.2.